The Labute approximate surface area is 254 Å². The van der Waals surface area contributed by atoms with Gasteiger partial charge in [-0.15, -0.1) is 0 Å². The monoisotopic (exact) mass is 565 g/mol. The van der Waals surface area contributed by atoms with Crippen molar-refractivity contribution >= 4 is 5.97 Å². The summed E-state index contributed by atoms with van der Waals surface area (Å²) in [5.41, 5.74) is 0. The smallest absolute Gasteiger partial charge is 0.308 e. The summed E-state index contributed by atoms with van der Waals surface area (Å²) in [4.78, 5) is 13.3. The van der Waals surface area contributed by atoms with Gasteiger partial charge in [0, 0.05) is 0 Å². The van der Waals surface area contributed by atoms with E-state index in [1.807, 2.05) is 0 Å². The SMILES string of the molecule is CCCCCCCCCCC(CCCCCCCC)COC(=O)C(CCCCCC(C)CC)CCCC(C)CC. The average molecular weight is 565 g/mol. The fourth-order valence-electron chi connectivity index (χ4n) is 5.97. The summed E-state index contributed by atoms with van der Waals surface area (Å²) in [7, 11) is 0. The first-order chi connectivity index (χ1) is 19.5. The zero-order valence-electron chi connectivity index (χ0n) is 28.7. The highest BCUT2D eigenvalue weighted by Crippen LogP contribution is 2.25. The summed E-state index contributed by atoms with van der Waals surface area (Å²) in [6.07, 6.45) is 33.6. The number of unbranched alkanes of at least 4 members (excludes halogenated alkanes) is 14. The molecule has 0 heterocycles. The van der Waals surface area contributed by atoms with Gasteiger partial charge in [0.05, 0.1) is 12.5 Å². The molecule has 4 unspecified atom stereocenters. The molecule has 0 aliphatic rings. The van der Waals surface area contributed by atoms with Crippen LogP contribution < -0.4 is 0 Å². The minimum absolute atomic E-state index is 0.116. The normalized spacial score (nSPS) is 14.7. The molecule has 0 bridgehead atoms. The highest BCUT2D eigenvalue weighted by atomic mass is 16.5. The molecular formula is C38H76O2. The summed E-state index contributed by atoms with van der Waals surface area (Å²) >= 11 is 0. The molecule has 0 radical (unpaired) electrons. The Kier molecular flexibility index (Phi) is 29.5. The van der Waals surface area contributed by atoms with E-state index < -0.39 is 0 Å². The Morgan fingerprint density at radius 1 is 0.475 bits per heavy atom. The molecule has 0 aliphatic carbocycles. The molecule has 0 aromatic rings. The van der Waals surface area contributed by atoms with Crippen molar-refractivity contribution in [3.63, 3.8) is 0 Å². The van der Waals surface area contributed by atoms with Crippen LogP contribution in [0.1, 0.15) is 208 Å². The van der Waals surface area contributed by atoms with E-state index in [-0.39, 0.29) is 11.9 Å². The molecule has 2 nitrogen and oxygen atoms in total. The topological polar surface area (TPSA) is 26.3 Å². The van der Waals surface area contributed by atoms with Gasteiger partial charge < -0.3 is 4.74 Å². The summed E-state index contributed by atoms with van der Waals surface area (Å²) in [5, 5.41) is 0. The molecule has 0 amide bonds. The third-order valence-electron chi connectivity index (χ3n) is 9.62. The number of esters is 1. The molecule has 0 spiro atoms. The Morgan fingerprint density at radius 2 is 0.850 bits per heavy atom. The predicted molar refractivity (Wildman–Crippen MR) is 179 cm³/mol. The molecule has 4 atom stereocenters. The molecule has 0 N–H and O–H groups in total. The molecule has 0 aliphatic heterocycles. The van der Waals surface area contributed by atoms with Crippen molar-refractivity contribution in [2.45, 2.75) is 208 Å². The van der Waals surface area contributed by atoms with E-state index in [1.165, 1.54) is 154 Å². The van der Waals surface area contributed by atoms with Crippen LogP contribution in [-0.2, 0) is 9.53 Å². The lowest BCUT2D eigenvalue weighted by molar-refractivity contribution is -0.150. The molecule has 0 saturated carbocycles. The van der Waals surface area contributed by atoms with Crippen LogP contribution in [0.2, 0.25) is 0 Å². The molecule has 0 rings (SSSR count). The van der Waals surface area contributed by atoms with Crippen LogP contribution in [0.25, 0.3) is 0 Å². The zero-order valence-corrected chi connectivity index (χ0v) is 28.7. The first kappa shape index (κ1) is 39.5. The lowest BCUT2D eigenvalue weighted by Crippen LogP contribution is -2.22. The Hall–Kier alpha value is -0.530. The van der Waals surface area contributed by atoms with Crippen molar-refractivity contribution in [2.24, 2.45) is 23.7 Å². The van der Waals surface area contributed by atoms with Crippen LogP contribution in [0.4, 0.5) is 0 Å². The Bertz CT molecular complexity index is 516. The van der Waals surface area contributed by atoms with Gasteiger partial charge in [0.2, 0.25) is 0 Å². The Morgan fingerprint density at radius 3 is 1.35 bits per heavy atom. The maximum absolute atomic E-state index is 13.3. The minimum atomic E-state index is 0.116. The number of carbonyl (C=O) groups excluding carboxylic acids is 1. The van der Waals surface area contributed by atoms with E-state index >= 15 is 0 Å². The molecular weight excluding hydrogens is 488 g/mol. The van der Waals surface area contributed by atoms with Crippen LogP contribution in [0.15, 0.2) is 0 Å². The first-order valence-electron chi connectivity index (χ1n) is 18.6. The summed E-state index contributed by atoms with van der Waals surface area (Å²) in [5.74, 6) is 2.40. The Balaban J connectivity index is 4.72. The third kappa shape index (κ3) is 25.2. The van der Waals surface area contributed by atoms with Gasteiger partial charge in [0.15, 0.2) is 0 Å². The van der Waals surface area contributed by atoms with E-state index in [0.717, 1.165) is 24.7 Å². The van der Waals surface area contributed by atoms with E-state index in [4.69, 9.17) is 4.74 Å². The lowest BCUT2D eigenvalue weighted by Gasteiger charge is -2.21. The summed E-state index contributed by atoms with van der Waals surface area (Å²) in [6, 6.07) is 0. The van der Waals surface area contributed by atoms with E-state index in [1.54, 1.807) is 0 Å². The second kappa shape index (κ2) is 29.9. The molecule has 0 fully saturated rings. The van der Waals surface area contributed by atoms with E-state index in [9.17, 15) is 4.79 Å². The van der Waals surface area contributed by atoms with Crippen molar-refractivity contribution in [3.05, 3.63) is 0 Å². The van der Waals surface area contributed by atoms with Gasteiger partial charge >= 0.3 is 5.97 Å². The molecule has 240 valence electrons. The molecule has 40 heavy (non-hydrogen) atoms. The van der Waals surface area contributed by atoms with Crippen LogP contribution >= 0.6 is 0 Å². The predicted octanol–water partition coefficient (Wildman–Crippen LogP) is 13.3. The molecule has 2 heteroatoms. The van der Waals surface area contributed by atoms with Crippen LogP contribution in [-0.4, -0.2) is 12.6 Å². The summed E-state index contributed by atoms with van der Waals surface area (Å²) in [6.45, 7) is 14.5. The summed E-state index contributed by atoms with van der Waals surface area (Å²) < 4.78 is 6.14. The highest BCUT2D eigenvalue weighted by molar-refractivity contribution is 5.72. The van der Waals surface area contributed by atoms with Gasteiger partial charge in [-0.3, -0.25) is 4.79 Å². The van der Waals surface area contributed by atoms with Gasteiger partial charge in [-0.1, -0.05) is 183 Å². The van der Waals surface area contributed by atoms with Crippen molar-refractivity contribution in [3.8, 4) is 0 Å². The third-order valence-corrected chi connectivity index (χ3v) is 9.62. The fourth-order valence-corrected chi connectivity index (χ4v) is 5.97. The quantitative estimate of drug-likeness (QED) is 0.0618. The number of hydrogen-bond acceptors (Lipinski definition) is 2. The number of ether oxygens (including phenoxy) is 1. The fraction of sp³-hybridized carbons (Fsp3) is 0.974. The van der Waals surface area contributed by atoms with Gasteiger partial charge in [-0.2, -0.15) is 0 Å². The zero-order chi connectivity index (χ0) is 29.7. The van der Waals surface area contributed by atoms with E-state index in [2.05, 4.69) is 41.5 Å². The van der Waals surface area contributed by atoms with Crippen LogP contribution in [0.5, 0.6) is 0 Å². The first-order valence-corrected chi connectivity index (χ1v) is 18.6. The molecule has 0 aromatic carbocycles. The standard InChI is InChI=1S/C38H76O2/c1-7-11-13-15-17-18-20-24-30-36(29-23-19-16-14-12-8-2)33-40-38(39)37(32-26-28-35(6)10-4)31-25-21-22-27-34(5)9-3/h34-37H,7-33H2,1-6H3. The van der Waals surface area contributed by atoms with E-state index in [0.29, 0.717) is 12.5 Å². The van der Waals surface area contributed by atoms with Crippen molar-refractivity contribution in [1.29, 1.82) is 0 Å². The molecule has 0 saturated heterocycles. The largest absolute Gasteiger partial charge is 0.465 e. The highest BCUT2D eigenvalue weighted by Gasteiger charge is 2.21. The number of carbonyl (C=O) groups is 1. The van der Waals surface area contributed by atoms with Crippen LogP contribution in [0, 0.1) is 23.7 Å². The minimum Gasteiger partial charge on any atom is -0.465 e. The lowest BCUT2D eigenvalue weighted by atomic mass is 9.91. The number of hydrogen-bond donors (Lipinski definition) is 0. The van der Waals surface area contributed by atoms with Gasteiger partial charge in [-0.05, 0) is 43.4 Å². The van der Waals surface area contributed by atoms with Crippen molar-refractivity contribution in [1.82, 2.24) is 0 Å². The average Bonchev–Trinajstić information content (AvgIpc) is 2.96. The van der Waals surface area contributed by atoms with Crippen molar-refractivity contribution in [2.75, 3.05) is 6.61 Å². The second-order valence-electron chi connectivity index (χ2n) is 13.6. The van der Waals surface area contributed by atoms with Gasteiger partial charge in [0.25, 0.3) is 0 Å². The molecule has 0 aromatic heterocycles. The van der Waals surface area contributed by atoms with Gasteiger partial charge in [-0.25, -0.2) is 0 Å². The second-order valence-corrected chi connectivity index (χ2v) is 13.6. The van der Waals surface area contributed by atoms with Crippen LogP contribution in [0.3, 0.4) is 0 Å². The maximum Gasteiger partial charge on any atom is 0.308 e. The van der Waals surface area contributed by atoms with Crippen molar-refractivity contribution < 1.29 is 9.53 Å². The van der Waals surface area contributed by atoms with Gasteiger partial charge in [0.1, 0.15) is 0 Å². The number of rotatable bonds is 31. The maximum atomic E-state index is 13.3.